The van der Waals surface area contributed by atoms with Gasteiger partial charge in [0, 0.05) is 30.7 Å². The third-order valence-corrected chi connectivity index (χ3v) is 5.56. The van der Waals surface area contributed by atoms with Crippen LogP contribution in [0.2, 0.25) is 0 Å². The highest BCUT2D eigenvalue weighted by Gasteiger charge is 2.38. The molecule has 0 aliphatic carbocycles. The average Bonchev–Trinajstić information content (AvgIpc) is 3.33. The molecule has 2 fully saturated rings. The summed E-state index contributed by atoms with van der Waals surface area (Å²) in [6, 6.07) is 16.1. The molecule has 2 aromatic rings. The van der Waals surface area contributed by atoms with Gasteiger partial charge in [-0.1, -0.05) is 30.3 Å². The second-order valence-corrected chi connectivity index (χ2v) is 7.31. The van der Waals surface area contributed by atoms with E-state index in [4.69, 9.17) is 14.2 Å². The summed E-state index contributed by atoms with van der Waals surface area (Å²) in [5, 5.41) is 3.16. The number of hydrogen-bond donors (Lipinski definition) is 1. The summed E-state index contributed by atoms with van der Waals surface area (Å²) in [5.41, 5.74) is 1.81. The molecule has 27 heavy (non-hydrogen) atoms. The molecule has 0 unspecified atom stereocenters. The number of carbonyl (C=O) groups is 1. The van der Waals surface area contributed by atoms with Crippen LogP contribution >= 0.6 is 0 Å². The number of amides is 1. The molecule has 0 radical (unpaired) electrons. The highest BCUT2D eigenvalue weighted by molar-refractivity contribution is 5.95. The number of rotatable bonds is 3. The van der Waals surface area contributed by atoms with Gasteiger partial charge in [-0.15, -0.1) is 0 Å². The normalized spacial score (nSPS) is 26.6. The van der Waals surface area contributed by atoms with Gasteiger partial charge >= 0.3 is 0 Å². The number of hydrogen-bond acceptors (Lipinski definition) is 5. The number of morpholine rings is 1. The van der Waals surface area contributed by atoms with Gasteiger partial charge in [-0.25, -0.2) is 0 Å². The fraction of sp³-hybridized carbons (Fsp3) is 0.381. The van der Waals surface area contributed by atoms with E-state index in [1.807, 2.05) is 18.2 Å². The first kappa shape index (κ1) is 16.6. The summed E-state index contributed by atoms with van der Waals surface area (Å²) in [5.74, 6) is 1.25. The SMILES string of the molecule is O=C(N[C@H]1C[C@H]2CO[C@@H](c3ccccc3)CN2C1)c1ccc2c(c1)OCO2. The quantitative estimate of drug-likeness (QED) is 0.904. The Morgan fingerprint density at radius 3 is 2.78 bits per heavy atom. The summed E-state index contributed by atoms with van der Waals surface area (Å²) in [7, 11) is 0. The van der Waals surface area contributed by atoms with E-state index in [2.05, 4.69) is 22.3 Å². The van der Waals surface area contributed by atoms with Crippen LogP contribution in [-0.4, -0.2) is 49.4 Å². The fourth-order valence-electron chi connectivity index (χ4n) is 4.15. The Bertz CT molecular complexity index is 841. The lowest BCUT2D eigenvalue weighted by Gasteiger charge is -2.35. The van der Waals surface area contributed by atoms with Crippen molar-refractivity contribution in [2.45, 2.75) is 24.6 Å². The fourth-order valence-corrected chi connectivity index (χ4v) is 4.15. The van der Waals surface area contributed by atoms with Crippen LogP contribution in [0.4, 0.5) is 0 Å². The Morgan fingerprint density at radius 2 is 1.89 bits per heavy atom. The molecule has 2 aromatic carbocycles. The molecule has 1 N–H and O–H groups in total. The highest BCUT2D eigenvalue weighted by Crippen LogP contribution is 2.33. The first-order valence-electron chi connectivity index (χ1n) is 9.37. The smallest absolute Gasteiger partial charge is 0.251 e. The van der Waals surface area contributed by atoms with Gasteiger partial charge in [0.05, 0.1) is 12.7 Å². The minimum absolute atomic E-state index is 0.0707. The zero-order chi connectivity index (χ0) is 18.2. The van der Waals surface area contributed by atoms with Crippen molar-refractivity contribution in [3.63, 3.8) is 0 Å². The predicted octanol–water partition coefficient (Wildman–Crippen LogP) is 2.36. The van der Waals surface area contributed by atoms with Crippen molar-refractivity contribution < 1.29 is 19.0 Å². The van der Waals surface area contributed by atoms with Crippen LogP contribution in [0, 0.1) is 0 Å². The minimum atomic E-state index is -0.0707. The monoisotopic (exact) mass is 366 g/mol. The third-order valence-electron chi connectivity index (χ3n) is 5.56. The Kier molecular flexibility index (Phi) is 4.22. The molecule has 1 amide bonds. The van der Waals surface area contributed by atoms with E-state index in [0.717, 1.165) is 19.5 Å². The van der Waals surface area contributed by atoms with Gasteiger partial charge < -0.3 is 19.5 Å². The second kappa shape index (κ2) is 6.87. The zero-order valence-corrected chi connectivity index (χ0v) is 15.0. The molecule has 3 atom stereocenters. The van der Waals surface area contributed by atoms with Crippen molar-refractivity contribution >= 4 is 5.91 Å². The topological polar surface area (TPSA) is 60.0 Å². The molecular weight excluding hydrogens is 344 g/mol. The molecule has 2 saturated heterocycles. The third kappa shape index (κ3) is 3.26. The lowest BCUT2D eigenvalue weighted by atomic mass is 10.1. The standard InChI is InChI=1S/C21H22N2O4/c24-21(15-6-7-18-19(8-15)27-13-26-18)22-16-9-17-12-25-20(11-23(17)10-16)14-4-2-1-3-5-14/h1-8,16-17,20H,9-13H2,(H,22,24)/t16-,17-,20+/m0/s1. The maximum atomic E-state index is 12.6. The maximum absolute atomic E-state index is 12.6. The van der Waals surface area contributed by atoms with Crippen molar-refractivity contribution in [1.82, 2.24) is 10.2 Å². The Labute approximate surface area is 158 Å². The van der Waals surface area contributed by atoms with Crippen LogP contribution in [0.15, 0.2) is 48.5 Å². The molecule has 3 aliphatic heterocycles. The van der Waals surface area contributed by atoms with E-state index in [1.54, 1.807) is 18.2 Å². The van der Waals surface area contributed by atoms with E-state index in [-0.39, 0.29) is 24.8 Å². The Balaban J connectivity index is 1.22. The van der Waals surface area contributed by atoms with E-state index >= 15 is 0 Å². The summed E-state index contributed by atoms with van der Waals surface area (Å²) >= 11 is 0. The van der Waals surface area contributed by atoms with Crippen molar-refractivity contribution in [2.24, 2.45) is 0 Å². The molecule has 0 bridgehead atoms. The summed E-state index contributed by atoms with van der Waals surface area (Å²) in [4.78, 5) is 15.1. The molecule has 5 rings (SSSR count). The molecule has 6 nitrogen and oxygen atoms in total. The van der Waals surface area contributed by atoms with Crippen molar-refractivity contribution in [1.29, 1.82) is 0 Å². The van der Waals surface area contributed by atoms with E-state index in [0.29, 0.717) is 29.7 Å². The molecule has 0 aromatic heterocycles. The second-order valence-electron chi connectivity index (χ2n) is 7.31. The average molecular weight is 366 g/mol. The first-order chi connectivity index (χ1) is 13.3. The summed E-state index contributed by atoms with van der Waals surface area (Å²) in [6.07, 6.45) is 1.02. The largest absolute Gasteiger partial charge is 0.454 e. The molecule has 3 heterocycles. The summed E-state index contributed by atoms with van der Waals surface area (Å²) in [6.45, 7) is 2.64. The van der Waals surface area contributed by atoms with Gasteiger partial charge in [-0.05, 0) is 30.2 Å². The van der Waals surface area contributed by atoms with Gasteiger partial charge in [0.1, 0.15) is 0 Å². The van der Waals surface area contributed by atoms with Gasteiger partial charge in [0.15, 0.2) is 11.5 Å². The van der Waals surface area contributed by atoms with Gasteiger partial charge in [0.25, 0.3) is 5.91 Å². The molecular formula is C21H22N2O4. The lowest BCUT2D eigenvalue weighted by Crippen LogP contribution is -2.43. The number of nitrogens with zero attached hydrogens (tertiary/aromatic N) is 1. The highest BCUT2D eigenvalue weighted by atomic mass is 16.7. The molecule has 3 aliphatic rings. The van der Waals surface area contributed by atoms with E-state index in [9.17, 15) is 4.79 Å². The van der Waals surface area contributed by atoms with Crippen LogP contribution in [-0.2, 0) is 4.74 Å². The van der Waals surface area contributed by atoms with Crippen LogP contribution in [0.25, 0.3) is 0 Å². The maximum Gasteiger partial charge on any atom is 0.251 e. The molecule has 0 saturated carbocycles. The van der Waals surface area contributed by atoms with Crippen LogP contribution in [0.3, 0.4) is 0 Å². The number of fused-ring (bicyclic) bond motifs is 2. The van der Waals surface area contributed by atoms with E-state index < -0.39 is 0 Å². The number of ether oxygens (including phenoxy) is 3. The van der Waals surface area contributed by atoms with Gasteiger partial charge in [-0.2, -0.15) is 0 Å². The van der Waals surface area contributed by atoms with Crippen molar-refractivity contribution in [3.8, 4) is 11.5 Å². The number of carbonyl (C=O) groups excluding carboxylic acids is 1. The predicted molar refractivity (Wildman–Crippen MR) is 98.9 cm³/mol. The van der Waals surface area contributed by atoms with Crippen LogP contribution in [0.1, 0.15) is 28.4 Å². The molecule has 6 heteroatoms. The Hall–Kier alpha value is -2.57. The molecule has 0 spiro atoms. The first-order valence-corrected chi connectivity index (χ1v) is 9.37. The van der Waals surface area contributed by atoms with E-state index in [1.165, 1.54) is 5.56 Å². The minimum Gasteiger partial charge on any atom is -0.454 e. The summed E-state index contributed by atoms with van der Waals surface area (Å²) < 4.78 is 16.7. The number of nitrogens with one attached hydrogen (secondary N) is 1. The zero-order valence-electron chi connectivity index (χ0n) is 15.0. The van der Waals surface area contributed by atoms with Gasteiger partial charge in [0.2, 0.25) is 6.79 Å². The van der Waals surface area contributed by atoms with Crippen LogP contribution < -0.4 is 14.8 Å². The lowest BCUT2D eigenvalue weighted by molar-refractivity contribution is -0.0502. The van der Waals surface area contributed by atoms with Crippen molar-refractivity contribution in [2.75, 3.05) is 26.5 Å². The van der Waals surface area contributed by atoms with Crippen molar-refractivity contribution in [3.05, 3.63) is 59.7 Å². The number of benzene rings is 2. The van der Waals surface area contributed by atoms with Crippen LogP contribution in [0.5, 0.6) is 11.5 Å². The molecule has 140 valence electrons. The van der Waals surface area contributed by atoms with Gasteiger partial charge in [-0.3, -0.25) is 9.69 Å². The Morgan fingerprint density at radius 1 is 1.04 bits per heavy atom.